The van der Waals surface area contributed by atoms with E-state index in [-0.39, 0.29) is 24.8 Å². The van der Waals surface area contributed by atoms with E-state index >= 15 is 0 Å². The van der Waals surface area contributed by atoms with Crippen LogP contribution in [-0.2, 0) is 0 Å². The molecule has 0 saturated carbocycles. The van der Waals surface area contributed by atoms with Crippen molar-refractivity contribution in [3.05, 3.63) is 0 Å². The molecule has 0 spiro atoms. The van der Waals surface area contributed by atoms with E-state index in [1.54, 1.807) is 18.5 Å². The van der Waals surface area contributed by atoms with Crippen LogP contribution in [0.2, 0.25) is 0 Å². The molecule has 0 fully saturated rings. The minimum absolute atomic E-state index is 0. The SMILES string of the molecule is CCCCCP(CCCCC)CCCCC.Cl.Cl. The molecule has 3 heteroatoms. The lowest BCUT2D eigenvalue weighted by Crippen LogP contribution is -1.96. The van der Waals surface area contributed by atoms with Crippen LogP contribution in [-0.4, -0.2) is 18.5 Å². The first-order valence-electron chi connectivity index (χ1n) is 7.57. The smallest absolute Gasteiger partial charge is 0.0326 e. The van der Waals surface area contributed by atoms with Crippen molar-refractivity contribution in [2.45, 2.75) is 78.6 Å². The molecule has 0 unspecified atom stereocenters. The number of rotatable bonds is 12. The van der Waals surface area contributed by atoms with E-state index < -0.39 is 0 Å². The molecule has 0 heterocycles. The maximum atomic E-state index is 2.32. The normalized spacial score (nSPS) is 10.0. The third kappa shape index (κ3) is 17.0. The standard InChI is InChI=1S/C15H33P.2ClH/c1-4-7-10-13-16(14-11-8-5-2)15-12-9-6-3;;/h4-15H2,1-3H3;2*1H. The van der Waals surface area contributed by atoms with Gasteiger partial charge in [0, 0.05) is 0 Å². The summed E-state index contributed by atoms with van der Waals surface area (Å²) in [5.41, 5.74) is 0. The van der Waals surface area contributed by atoms with Crippen LogP contribution in [0.15, 0.2) is 0 Å². The van der Waals surface area contributed by atoms with Crippen LogP contribution in [0.5, 0.6) is 0 Å². The van der Waals surface area contributed by atoms with Crippen LogP contribution >= 0.6 is 32.7 Å². The maximum Gasteiger partial charge on any atom is -0.0326 e. The Kier molecular flexibility index (Phi) is 27.2. The summed E-state index contributed by atoms with van der Waals surface area (Å²) in [5, 5.41) is 0. The second kappa shape index (κ2) is 20.3. The van der Waals surface area contributed by atoms with Crippen LogP contribution in [0.25, 0.3) is 0 Å². The lowest BCUT2D eigenvalue weighted by molar-refractivity contribution is 0.749. The molecular formula is C15H35Cl2P. The van der Waals surface area contributed by atoms with Gasteiger partial charge >= 0.3 is 0 Å². The van der Waals surface area contributed by atoms with Crippen LogP contribution in [0.1, 0.15) is 78.6 Å². The Bertz CT molecular complexity index is 108. The predicted molar refractivity (Wildman–Crippen MR) is 94.6 cm³/mol. The Morgan fingerprint density at radius 3 is 1.00 bits per heavy atom. The molecular weight excluding hydrogens is 282 g/mol. The molecule has 0 aromatic carbocycles. The van der Waals surface area contributed by atoms with Crippen molar-refractivity contribution in [3.63, 3.8) is 0 Å². The van der Waals surface area contributed by atoms with E-state index in [2.05, 4.69) is 20.8 Å². The highest BCUT2D eigenvalue weighted by molar-refractivity contribution is 7.57. The minimum atomic E-state index is 0. The molecule has 0 aromatic heterocycles. The number of hydrogen-bond acceptors (Lipinski definition) is 0. The summed E-state index contributed by atoms with van der Waals surface area (Å²) in [4.78, 5) is 0. The largest absolute Gasteiger partial charge is 0.147 e. The zero-order valence-corrected chi connectivity index (χ0v) is 15.3. The first-order chi connectivity index (χ1) is 7.85. The van der Waals surface area contributed by atoms with Gasteiger partial charge in [-0.1, -0.05) is 59.3 Å². The van der Waals surface area contributed by atoms with Gasteiger partial charge in [-0.2, -0.15) is 0 Å². The van der Waals surface area contributed by atoms with Gasteiger partial charge in [0.15, 0.2) is 0 Å². The van der Waals surface area contributed by atoms with Gasteiger partial charge in [-0.15, -0.1) is 32.7 Å². The molecule has 0 aliphatic rings. The summed E-state index contributed by atoms with van der Waals surface area (Å²) >= 11 is 0. The zero-order valence-electron chi connectivity index (χ0n) is 12.7. The van der Waals surface area contributed by atoms with Gasteiger partial charge in [0.25, 0.3) is 0 Å². The molecule has 0 rings (SSSR count). The third-order valence-electron chi connectivity index (χ3n) is 3.23. The lowest BCUT2D eigenvalue weighted by atomic mass is 10.3. The van der Waals surface area contributed by atoms with Gasteiger partial charge < -0.3 is 0 Å². The Morgan fingerprint density at radius 2 is 0.778 bits per heavy atom. The summed E-state index contributed by atoms with van der Waals surface area (Å²) in [6, 6.07) is 0. The highest BCUT2D eigenvalue weighted by Crippen LogP contribution is 2.39. The quantitative estimate of drug-likeness (QED) is 0.272. The van der Waals surface area contributed by atoms with Crippen LogP contribution in [0, 0.1) is 0 Å². The van der Waals surface area contributed by atoms with E-state index in [0.29, 0.717) is 7.92 Å². The topological polar surface area (TPSA) is 0 Å². The maximum absolute atomic E-state index is 2.32. The van der Waals surface area contributed by atoms with Crippen molar-refractivity contribution in [3.8, 4) is 0 Å². The van der Waals surface area contributed by atoms with E-state index in [0.717, 1.165) is 0 Å². The van der Waals surface area contributed by atoms with E-state index in [1.807, 2.05) is 0 Å². The highest BCUT2D eigenvalue weighted by Gasteiger charge is 2.06. The summed E-state index contributed by atoms with van der Waals surface area (Å²) in [6.07, 6.45) is 17.7. The summed E-state index contributed by atoms with van der Waals surface area (Å²) in [6.45, 7) is 6.95. The molecule has 0 amide bonds. The first kappa shape index (κ1) is 24.1. The van der Waals surface area contributed by atoms with Crippen molar-refractivity contribution in [2.24, 2.45) is 0 Å². The average molecular weight is 317 g/mol. The first-order valence-corrected chi connectivity index (χ1v) is 9.47. The fourth-order valence-corrected chi connectivity index (χ4v) is 4.77. The van der Waals surface area contributed by atoms with Crippen molar-refractivity contribution < 1.29 is 0 Å². The summed E-state index contributed by atoms with van der Waals surface area (Å²) in [7, 11) is 0.405. The minimum Gasteiger partial charge on any atom is -0.147 e. The van der Waals surface area contributed by atoms with Crippen LogP contribution in [0.3, 0.4) is 0 Å². The monoisotopic (exact) mass is 316 g/mol. The predicted octanol–water partition coefficient (Wildman–Crippen LogP) is 6.88. The average Bonchev–Trinajstić information content (AvgIpc) is 2.29. The van der Waals surface area contributed by atoms with Crippen molar-refractivity contribution in [1.82, 2.24) is 0 Å². The van der Waals surface area contributed by atoms with E-state index in [4.69, 9.17) is 0 Å². The fourth-order valence-electron chi connectivity index (χ4n) is 2.09. The number of hydrogen-bond donors (Lipinski definition) is 0. The number of unbranched alkanes of at least 4 members (excludes halogenated alkanes) is 6. The fraction of sp³-hybridized carbons (Fsp3) is 1.00. The third-order valence-corrected chi connectivity index (χ3v) is 6.08. The highest BCUT2D eigenvalue weighted by atomic mass is 35.5. The molecule has 18 heavy (non-hydrogen) atoms. The molecule has 0 aliphatic heterocycles. The molecule has 0 bridgehead atoms. The van der Waals surface area contributed by atoms with E-state index in [1.165, 1.54) is 57.8 Å². The molecule has 114 valence electrons. The molecule has 0 aliphatic carbocycles. The van der Waals surface area contributed by atoms with Crippen LogP contribution in [0.4, 0.5) is 0 Å². The van der Waals surface area contributed by atoms with Gasteiger partial charge in [0.1, 0.15) is 0 Å². The Morgan fingerprint density at radius 1 is 0.500 bits per heavy atom. The molecule has 0 atom stereocenters. The van der Waals surface area contributed by atoms with Crippen LogP contribution < -0.4 is 0 Å². The molecule has 0 radical (unpaired) electrons. The second-order valence-corrected chi connectivity index (χ2v) is 7.65. The summed E-state index contributed by atoms with van der Waals surface area (Å²) < 4.78 is 0. The summed E-state index contributed by atoms with van der Waals surface area (Å²) in [5.74, 6) is 0. The lowest BCUT2D eigenvalue weighted by Gasteiger charge is -2.17. The van der Waals surface area contributed by atoms with E-state index in [9.17, 15) is 0 Å². The Balaban J connectivity index is -0.00000112. The van der Waals surface area contributed by atoms with Gasteiger partial charge in [-0.25, -0.2) is 0 Å². The van der Waals surface area contributed by atoms with Gasteiger partial charge in [-0.05, 0) is 37.7 Å². The van der Waals surface area contributed by atoms with Crippen molar-refractivity contribution in [2.75, 3.05) is 18.5 Å². The molecule has 0 saturated heterocycles. The Hall–Kier alpha value is 1.01. The second-order valence-electron chi connectivity index (χ2n) is 4.96. The zero-order chi connectivity index (χ0) is 12.1. The Labute approximate surface area is 130 Å². The number of halogens is 2. The molecule has 0 N–H and O–H groups in total. The molecule has 0 nitrogen and oxygen atoms in total. The van der Waals surface area contributed by atoms with Crippen molar-refractivity contribution >= 4 is 32.7 Å². The molecule has 0 aromatic rings. The van der Waals surface area contributed by atoms with Crippen molar-refractivity contribution in [1.29, 1.82) is 0 Å². The van der Waals surface area contributed by atoms with Gasteiger partial charge in [0.2, 0.25) is 0 Å². The van der Waals surface area contributed by atoms with Gasteiger partial charge in [0.05, 0.1) is 0 Å². The van der Waals surface area contributed by atoms with Gasteiger partial charge in [-0.3, -0.25) is 0 Å².